The molecule has 0 spiro atoms. The topological polar surface area (TPSA) is 73.1 Å². The van der Waals surface area contributed by atoms with Gasteiger partial charge in [-0.15, -0.1) is 0 Å². The minimum absolute atomic E-state index is 0.501. The van der Waals surface area contributed by atoms with Crippen LogP contribution in [-0.2, 0) is 6.42 Å². The average Bonchev–Trinajstić information content (AvgIpc) is 2.47. The van der Waals surface area contributed by atoms with Gasteiger partial charge in [-0.3, -0.25) is 0 Å². The Bertz CT molecular complexity index is 603. The Labute approximate surface area is 119 Å². The smallest absolute Gasteiger partial charge is 0.224 e. The summed E-state index contributed by atoms with van der Waals surface area (Å²) in [6.07, 6.45) is 0.720. The Morgan fingerprint density at radius 1 is 1.15 bits per heavy atom. The first-order chi connectivity index (χ1) is 9.55. The summed E-state index contributed by atoms with van der Waals surface area (Å²) in [7, 11) is 0. The molecule has 0 fully saturated rings. The summed E-state index contributed by atoms with van der Waals surface area (Å²) in [5.41, 5.74) is 5.92. The number of rotatable bonds is 4. The standard InChI is InChI=1S/C15H20N4O/c1-5-12-17-13(19-16)8-14(18-12)20-15-10(3)7-6-9(2)11(15)4/h6-8H,5,16H2,1-4H3,(H,17,18,19). The van der Waals surface area contributed by atoms with Crippen molar-refractivity contribution < 1.29 is 4.74 Å². The molecule has 0 aliphatic heterocycles. The van der Waals surface area contributed by atoms with Gasteiger partial charge in [0, 0.05) is 12.5 Å². The van der Waals surface area contributed by atoms with E-state index in [4.69, 9.17) is 10.6 Å². The molecule has 1 heterocycles. The zero-order valence-electron chi connectivity index (χ0n) is 12.3. The molecule has 5 nitrogen and oxygen atoms in total. The molecule has 0 atom stereocenters. The molecule has 1 aromatic heterocycles. The van der Waals surface area contributed by atoms with Crippen LogP contribution in [0.15, 0.2) is 18.2 Å². The molecule has 106 valence electrons. The van der Waals surface area contributed by atoms with E-state index in [0.29, 0.717) is 17.5 Å². The fourth-order valence-corrected chi connectivity index (χ4v) is 1.94. The second kappa shape index (κ2) is 5.88. The van der Waals surface area contributed by atoms with Gasteiger partial charge in [-0.2, -0.15) is 4.98 Å². The summed E-state index contributed by atoms with van der Waals surface area (Å²) in [5, 5.41) is 0. The van der Waals surface area contributed by atoms with Crippen LogP contribution < -0.4 is 16.0 Å². The van der Waals surface area contributed by atoms with Crippen molar-refractivity contribution in [2.45, 2.75) is 34.1 Å². The molecule has 1 aromatic carbocycles. The number of hydrazine groups is 1. The van der Waals surface area contributed by atoms with E-state index in [1.54, 1.807) is 6.07 Å². The van der Waals surface area contributed by atoms with Crippen LogP contribution in [0, 0.1) is 20.8 Å². The van der Waals surface area contributed by atoms with E-state index in [1.807, 2.05) is 26.8 Å². The van der Waals surface area contributed by atoms with E-state index in [0.717, 1.165) is 23.3 Å². The van der Waals surface area contributed by atoms with E-state index in [-0.39, 0.29) is 0 Å². The minimum atomic E-state index is 0.501. The summed E-state index contributed by atoms with van der Waals surface area (Å²) >= 11 is 0. The monoisotopic (exact) mass is 272 g/mol. The van der Waals surface area contributed by atoms with Crippen LogP contribution >= 0.6 is 0 Å². The Morgan fingerprint density at radius 3 is 2.50 bits per heavy atom. The van der Waals surface area contributed by atoms with Gasteiger partial charge in [-0.1, -0.05) is 19.1 Å². The maximum absolute atomic E-state index is 5.96. The van der Waals surface area contributed by atoms with E-state index < -0.39 is 0 Å². The third kappa shape index (κ3) is 2.88. The second-order valence-corrected chi connectivity index (χ2v) is 4.76. The molecule has 2 aromatic rings. The second-order valence-electron chi connectivity index (χ2n) is 4.76. The molecule has 0 unspecified atom stereocenters. The van der Waals surface area contributed by atoms with E-state index in [2.05, 4.69) is 28.4 Å². The van der Waals surface area contributed by atoms with Gasteiger partial charge in [-0.25, -0.2) is 10.8 Å². The zero-order chi connectivity index (χ0) is 14.7. The highest BCUT2D eigenvalue weighted by molar-refractivity contribution is 5.47. The van der Waals surface area contributed by atoms with Gasteiger partial charge in [0.2, 0.25) is 5.88 Å². The van der Waals surface area contributed by atoms with Crippen molar-refractivity contribution in [3.8, 4) is 11.6 Å². The van der Waals surface area contributed by atoms with Crippen molar-refractivity contribution in [3.63, 3.8) is 0 Å². The lowest BCUT2D eigenvalue weighted by atomic mass is 10.1. The first-order valence-corrected chi connectivity index (χ1v) is 6.64. The van der Waals surface area contributed by atoms with Crippen molar-refractivity contribution in [3.05, 3.63) is 40.7 Å². The highest BCUT2D eigenvalue weighted by atomic mass is 16.5. The summed E-state index contributed by atoms with van der Waals surface area (Å²) in [6.45, 7) is 8.11. The molecule has 2 rings (SSSR count). The van der Waals surface area contributed by atoms with Crippen molar-refractivity contribution in [1.82, 2.24) is 9.97 Å². The van der Waals surface area contributed by atoms with Gasteiger partial charge in [0.05, 0.1) is 0 Å². The van der Waals surface area contributed by atoms with Gasteiger partial charge >= 0.3 is 0 Å². The number of benzene rings is 1. The van der Waals surface area contributed by atoms with E-state index in [1.165, 1.54) is 5.56 Å². The normalized spacial score (nSPS) is 10.4. The number of aromatic nitrogens is 2. The van der Waals surface area contributed by atoms with Gasteiger partial charge in [0.1, 0.15) is 17.4 Å². The molecule has 0 amide bonds. The number of nitrogens with zero attached hydrogens (tertiary/aromatic N) is 2. The number of nitrogens with two attached hydrogens (primary N) is 1. The SMILES string of the molecule is CCc1nc(NN)cc(Oc2c(C)ccc(C)c2C)n1. The van der Waals surface area contributed by atoms with Crippen LogP contribution in [0.25, 0.3) is 0 Å². The van der Waals surface area contributed by atoms with Crippen LogP contribution in [0.4, 0.5) is 5.82 Å². The number of hydrogen-bond donors (Lipinski definition) is 2. The van der Waals surface area contributed by atoms with Gasteiger partial charge < -0.3 is 10.2 Å². The molecule has 0 aliphatic carbocycles. The summed E-state index contributed by atoms with van der Waals surface area (Å²) in [6, 6.07) is 5.82. The molecule has 0 saturated heterocycles. The molecular formula is C15H20N4O. The highest BCUT2D eigenvalue weighted by Crippen LogP contribution is 2.30. The van der Waals surface area contributed by atoms with E-state index >= 15 is 0 Å². The third-order valence-corrected chi connectivity index (χ3v) is 3.29. The van der Waals surface area contributed by atoms with Crippen molar-refractivity contribution in [2.75, 3.05) is 5.43 Å². The van der Waals surface area contributed by atoms with Gasteiger partial charge in [0.15, 0.2) is 0 Å². The maximum atomic E-state index is 5.96. The highest BCUT2D eigenvalue weighted by Gasteiger charge is 2.10. The zero-order valence-corrected chi connectivity index (χ0v) is 12.3. The summed E-state index contributed by atoms with van der Waals surface area (Å²) < 4.78 is 5.96. The lowest BCUT2D eigenvalue weighted by Gasteiger charge is -2.14. The number of aryl methyl sites for hydroxylation is 3. The molecule has 0 saturated carbocycles. The molecule has 3 N–H and O–H groups in total. The maximum Gasteiger partial charge on any atom is 0.224 e. The first kappa shape index (κ1) is 14.3. The molecule has 0 radical (unpaired) electrons. The van der Waals surface area contributed by atoms with Crippen molar-refractivity contribution >= 4 is 5.82 Å². The molecule has 0 bridgehead atoms. The minimum Gasteiger partial charge on any atom is -0.438 e. The quantitative estimate of drug-likeness (QED) is 0.661. The number of nitrogens with one attached hydrogen (secondary N) is 1. The van der Waals surface area contributed by atoms with Crippen molar-refractivity contribution in [2.24, 2.45) is 5.84 Å². The molecule has 0 aliphatic rings. The largest absolute Gasteiger partial charge is 0.438 e. The lowest BCUT2D eigenvalue weighted by molar-refractivity contribution is 0.452. The van der Waals surface area contributed by atoms with Crippen LogP contribution in [0.3, 0.4) is 0 Å². The summed E-state index contributed by atoms with van der Waals surface area (Å²) in [4.78, 5) is 8.63. The predicted octanol–water partition coefficient (Wildman–Crippen LogP) is 3.04. The Balaban J connectivity index is 2.42. The average molecular weight is 272 g/mol. The fourth-order valence-electron chi connectivity index (χ4n) is 1.94. The fraction of sp³-hybridized carbons (Fsp3) is 0.333. The van der Waals surface area contributed by atoms with E-state index in [9.17, 15) is 0 Å². The number of nitrogen functional groups attached to an aromatic ring is 1. The summed E-state index contributed by atoms with van der Waals surface area (Å²) in [5.74, 6) is 8.01. The molecule has 20 heavy (non-hydrogen) atoms. The van der Waals surface area contributed by atoms with Crippen LogP contribution in [0.5, 0.6) is 11.6 Å². The lowest BCUT2D eigenvalue weighted by Crippen LogP contribution is -2.10. The Kier molecular flexibility index (Phi) is 4.20. The third-order valence-electron chi connectivity index (χ3n) is 3.29. The predicted molar refractivity (Wildman–Crippen MR) is 79.9 cm³/mol. The van der Waals surface area contributed by atoms with Gasteiger partial charge in [0.25, 0.3) is 0 Å². The van der Waals surface area contributed by atoms with Gasteiger partial charge in [-0.05, 0) is 37.5 Å². The van der Waals surface area contributed by atoms with Crippen molar-refractivity contribution in [1.29, 1.82) is 0 Å². The number of anilines is 1. The molecular weight excluding hydrogens is 252 g/mol. The Morgan fingerprint density at radius 2 is 1.85 bits per heavy atom. The van der Waals surface area contributed by atoms with Crippen LogP contribution in [-0.4, -0.2) is 9.97 Å². The number of hydrogen-bond acceptors (Lipinski definition) is 5. The number of ether oxygens (including phenoxy) is 1. The van der Waals surface area contributed by atoms with Crippen LogP contribution in [0.1, 0.15) is 29.4 Å². The first-order valence-electron chi connectivity index (χ1n) is 6.64. The van der Waals surface area contributed by atoms with Crippen LogP contribution in [0.2, 0.25) is 0 Å². The Hall–Kier alpha value is -2.14. The molecule has 5 heteroatoms.